The SMILES string of the molecule is COC(=O)c1ccc2oc(C(NC(=O)OCc3ccccc3)C3CCC(F)(F)CC3)nc2c1. The molecule has 4 rings (SSSR count). The zero-order valence-corrected chi connectivity index (χ0v) is 18.1. The number of alkyl halides is 2. The first-order chi connectivity index (χ1) is 15.8. The van der Waals surface area contributed by atoms with Crippen LogP contribution in [0.3, 0.4) is 0 Å². The number of carbonyl (C=O) groups excluding carboxylic acids is 2. The molecule has 7 nitrogen and oxygen atoms in total. The number of halogens is 2. The fourth-order valence-corrected chi connectivity index (χ4v) is 3.99. The Morgan fingerprint density at radius 2 is 1.91 bits per heavy atom. The van der Waals surface area contributed by atoms with Gasteiger partial charge < -0.3 is 19.2 Å². The molecule has 174 valence electrons. The Kier molecular flexibility index (Phi) is 6.57. The molecule has 1 fully saturated rings. The second-order valence-corrected chi connectivity index (χ2v) is 8.10. The summed E-state index contributed by atoms with van der Waals surface area (Å²) >= 11 is 0. The summed E-state index contributed by atoms with van der Waals surface area (Å²) < 4.78 is 43.4. The van der Waals surface area contributed by atoms with Crippen LogP contribution in [-0.2, 0) is 16.1 Å². The van der Waals surface area contributed by atoms with Crippen molar-refractivity contribution in [3.05, 3.63) is 65.5 Å². The first-order valence-electron chi connectivity index (χ1n) is 10.7. The number of amides is 1. The van der Waals surface area contributed by atoms with Crippen LogP contribution in [0.25, 0.3) is 11.1 Å². The maximum atomic E-state index is 13.7. The Balaban J connectivity index is 1.55. The summed E-state index contributed by atoms with van der Waals surface area (Å²) in [6.45, 7) is 0.0676. The highest BCUT2D eigenvalue weighted by Gasteiger charge is 2.40. The number of rotatable bonds is 6. The molecule has 1 aliphatic carbocycles. The van der Waals surface area contributed by atoms with Crippen LogP contribution in [0, 0.1) is 5.92 Å². The molecule has 1 saturated carbocycles. The Morgan fingerprint density at radius 1 is 1.18 bits per heavy atom. The second-order valence-electron chi connectivity index (χ2n) is 8.10. The van der Waals surface area contributed by atoms with E-state index in [1.165, 1.54) is 13.2 Å². The number of hydrogen-bond donors (Lipinski definition) is 1. The summed E-state index contributed by atoms with van der Waals surface area (Å²) in [5, 5.41) is 2.76. The third kappa shape index (κ3) is 5.47. The molecule has 3 aromatic rings. The van der Waals surface area contributed by atoms with Gasteiger partial charge in [-0.05, 0) is 42.5 Å². The van der Waals surface area contributed by atoms with Crippen LogP contribution in [0.4, 0.5) is 13.6 Å². The minimum absolute atomic E-state index is 0.0676. The number of benzene rings is 2. The zero-order chi connectivity index (χ0) is 23.4. The molecule has 1 amide bonds. The number of fused-ring (bicyclic) bond motifs is 1. The maximum Gasteiger partial charge on any atom is 0.408 e. The normalized spacial score (nSPS) is 16.8. The summed E-state index contributed by atoms with van der Waals surface area (Å²) in [5.41, 5.74) is 1.93. The van der Waals surface area contributed by atoms with Gasteiger partial charge in [0.05, 0.1) is 12.7 Å². The van der Waals surface area contributed by atoms with Crippen molar-refractivity contribution in [1.82, 2.24) is 10.3 Å². The molecular weight excluding hydrogens is 434 g/mol. The molecule has 0 spiro atoms. The first kappa shape index (κ1) is 22.7. The Hall–Kier alpha value is -3.49. The van der Waals surface area contributed by atoms with E-state index in [0.29, 0.717) is 16.7 Å². The minimum Gasteiger partial charge on any atom is -0.465 e. The van der Waals surface area contributed by atoms with Crippen molar-refractivity contribution in [2.45, 2.75) is 44.3 Å². The van der Waals surface area contributed by atoms with Gasteiger partial charge in [-0.2, -0.15) is 0 Å². The van der Waals surface area contributed by atoms with Crippen LogP contribution in [0.15, 0.2) is 52.9 Å². The number of esters is 1. The van der Waals surface area contributed by atoms with Crippen molar-refractivity contribution in [3.8, 4) is 0 Å². The smallest absolute Gasteiger partial charge is 0.408 e. The van der Waals surface area contributed by atoms with Crippen molar-refractivity contribution in [1.29, 1.82) is 0 Å². The molecule has 0 radical (unpaired) electrons. The molecule has 33 heavy (non-hydrogen) atoms. The van der Waals surface area contributed by atoms with Gasteiger partial charge in [-0.3, -0.25) is 0 Å². The van der Waals surface area contributed by atoms with Gasteiger partial charge in [-0.1, -0.05) is 30.3 Å². The summed E-state index contributed by atoms with van der Waals surface area (Å²) in [6, 6.07) is 13.1. The summed E-state index contributed by atoms with van der Waals surface area (Å²) in [6.07, 6.45) is -0.854. The lowest BCUT2D eigenvalue weighted by Crippen LogP contribution is -2.37. The van der Waals surface area contributed by atoms with Crippen LogP contribution in [0.2, 0.25) is 0 Å². The van der Waals surface area contributed by atoms with Crippen LogP contribution in [-0.4, -0.2) is 30.1 Å². The number of carbonyl (C=O) groups is 2. The molecule has 1 atom stereocenters. The monoisotopic (exact) mass is 458 g/mol. The Morgan fingerprint density at radius 3 is 2.61 bits per heavy atom. The predicted octanol–water partition coefficient (Wildman–Crippen LogP) is 5.41. The van der Waals surface area contributed by atoms with Gasteiger partial charge in [0, 0.05) is 12.8 Å². The molecule has 9 heteroatoms. The van der Waals surface area contributed by atoms with E-state index in [4.69, 9.17) is 13.9 Å². The lowest BCUT2D eigenvalue weighted by atomic mass is 9.82. The third-order valence-corrected chi connectivity index (χ3v) is 5.81. The zero-order valence-electron chi connectivity index (χ0n) is 18.1. The quantitative estimate of drug-likeness (QED) is 0.497. The fourth-order valence-electron chi connectivity index (χ4n) is 3.99. The van der Waals surface area contributed by atoms with Crippen LogP contribution < -0.4 is 5.32 Å². The van der Waals surface area contributed by atoms with E-state index >= 15 is 0 Å². The molecule has 1 aliphatic rings. The minimum atomic E-state index is -2.72. The van der Waals surface area contributed by atoms with Gasteiger partial charge in [-0.15, -0.1) is 0 Å². The number of hydrogen-bond acceptors (Lipinski definition) is 6. The molecule has 1 unspecified atom stereocenters. The van der Waals surface area contributed by atoms with E-state index in [-0.39, 0.29) is 44.1 Å². The van der Waals surface area contributed by atoms with Gasteiger partial charge in [-0.25, -0.2) is 23.4 Å². The van der Waals surface area contributed by atoms with E-state index in [9.17, 15) is 18.4 Å². The number of alkyl carbamates (subject to hydrolysis) is 1. The van der Waals surface area contributed by atoms with Crippen molar-refractivity contribution in [2.24, 2.45) is 5.92 Å². The molecular formula is C24H24F2N2O5. The lowest BCUT2D eigenvalue weighted by molar-refractivity contribution is -0.0505. The number of nitrogens with one attached hydrogen (secondary N) is 1. The van der Waals surface area contributed by atoms with Crippen molar-refractivity contribution in [3.63, 3.8) is 0 Å². The highest BCUT2D eigenvalue weighted by Crippen LogP contribution is 2.41. The summed E-state index contributed by atoms with van der Waals surface area (Å²) in [5.74, 6) is -3.36. The second kappa shape index (κ2) is 9.56. The third-order valence-electron chi connectivity index (χ3n) is 5.81. The highest BCUT2D eigenvalue weighted by molar-refractivity contribution is 5.93. The van der Waals surface area contributed by atoms with Crippen molar-refractivity contribution in [2.75, 3.05) is 7.11 Å². The molecule has 0 saturated heterocycles. The maximum absolute atomic E-state index is 13.7. The predicted molar refractivity (Wildman–Crippen MR) is 115 cm³/mol. The van der Waals surface area contributed by atoms with Crippen molar-refractivity contribution < 1.29 is 32.3 Å². The lowest BCUT2D eigenvalue weighted by Gasteiger charge is -2.32. The van der Waals surface area contributed by atoms with Crippen LogP contribution in [0.5, 0.6) is 0 Å². The van der Waals surface area contributed by atoms with Crippen LogP contribution in [0.1, 0.15) is 53.5 Å². The summed E-state index contributed by atoms with van der Waals surface area (Å²) in [7, 11) is 1.28. The molecule has 1 N–H and O–H groups in total. The number of aromatic nitrogens is 1. The largest absolute Gasteiger partial charge is 0.465 e. The van der Waals surface area contributed by atoms with Gasteiger partial charge in [0.1, 0.15) is 18.2 Å². The van der Waals surface area contributed by atoms with Gasteiger partial charge in [0.15, 0.2) is 5.58 Å². The molecule has 1 heterocycles. The molecule has 0 aliphatic heterocycles. The summed E-state index contributed by atoms with van der Waals surface area (Å²) in [4.78, 5) is 28.8. The Bertz CT molecular complexity index is 1120. The number of methoxy groups -OCH3 is 1. The first-order valence-corrected chi connectivity index (χ1v) is 10.7. The van der Waals surface area contributed by atoms with Gasteiger partial charge in [0.25, 0.3) is 0 Å². The average Bonchev–Trinajstić information content (AvgIpc) is 3.25. The standard InChI is InChI=1S/C24H24F2N2O5/c1-31-22(29)17-7-8-19-18(13-17)27-21(33-19)20(16-9-11-24(25,26)12-10-16)28-23(30)32-14-15-5-3-2-4-6-15/h2-8,13,16,20H,9-12,14H2,1H3,(H,28,30). The van der Waals surface area contributed by atoms with Crippen molar-refractivity contribution >= 4 is 23.2 Å². The number of oxazole rings is 1. The number of nitrogens with zero attached hydrogens (tertiary/aromatic N) is 1. The number of ether oxygens (including phenoxy) is 2. The Labute approximate surface area is 189 Å². The topological polar surface area (TPSA) is 90.7 Å². The molecule has 0 bridgehead atoms. The average molecular weight is 458 g/mol. The van der Waals surface area contributed by atoms with Crippen LogP contribution >= 0.6 is 0 Å². The highest BCUT2D eigenvalue weighted by atomic mass is 19.3. The van der Waals surface area contributed by atoms with E-state index in [1.54, 1.807) is 12.1 Å². The van der Waals surface area contributed by atoms with E-state index < -0.39 is 24.0 Å². The molecule has 1 aromatic heterocycles. The van der Waals surface area contributed by atoms with E-state index in [0.717, 1.165) is 5.56 Å². The molecule has 2 aromatic carbocycles. The fraction of sp³-hybridized carbons (Fsp3) is 0.375. The van der Waals surface area contributed by atoms with Gasteiger partial charge >= 0.3 is 12.1 Å². The van der Waals surface area contributed by atoms with E-state index in [2.05, 4.69) is 10.3 Å². The van der Waals surface area contributed by atoms with Gasteiger partial charge in [0.2, 0.25) is 11.8 Å². The van der Waals surface area contributed by atoms with E-state index in [1.807, 2.05) is 30.3 Å².